The van der Waals surface area contributed by atoms with E-state index in [9.17, 15) is 9.59 Å². The average Bonchev–Trinajstić information content (AvgIpc) is 2.33. The van der Waals surface area contributed by atoms with Gasteiger partial charge in [0.25, 0.3) is 0 Å². The normalized spacial score (nSPS) is 12.6. The predicted molar refractivity (Wildman–Crippen MR) is 75.7 cm³/mol. The lowest BCUT2D eigenvalue weighted by atomic mass is 9.96. The van der Waals surface area contributed by atoms with Gasteiger partial charge in [-0.2, -0.15) is 0 Å². The second kappa shape index (κ2) is 6.93. The molecule has 0 aromatic heterocycles. The van der Waals surface area contributed by atoms with Crippen LogP contribution < -0.4 is 5.32 Å². The molecule has 5 heteroatoms. The number of carboxylic acid groups (broad SMARTS) is 1. The molecule has 1 aromatic rings. The fraction of sp³-hybridized carbons (Fsp3) is 0.467. The van der Waals surface area contributed by atoms with Crippen molar-refractivity contribution in [1.82, 2.24) is 5.32 Å². The van der Waals surface area contributed by atoms with Crippen molar-refractivity contribution in [2.45, 2.75) is 38.7 Å². The number of carbonyl (C=O) groups is 2. The van der Waals surface area contributed by atoms with Gasteiger partial charge >= 0.3 is 12.1 Å². The Kier molecular flexibility index (Phi) is 5.55. The summed E-state index contributed by atoms with van der Waals surface area (Å²) in [6.07, 6.45) is -0.580. The highest BCUT2D eigenvalue weighted by Gasteiger charge is 2.19. The van der Waals surface area contributed by atoms with E-state index in [1.165, 1.54) is 0 Å². The third-order valence-electron chi connectivity index (χ3n) is 2.58. The summed E-state index contributed by atoms with van der Waals surface area (Å²) >= 11 is 0. The summed E-state index contributed by atoms with van der Waals surface area (Å²) in [6.45, 7) is 5.56. The molecule has 1 amide bonds. The van der Waals surface area contributed by atoms with Crippen molar-refractivity contribution in [3.63, 3.8) is 0 Å². The maximum Gasteiger partial charge on any atom is 0.407 e. The van der Waals surface area contributed by atoms with Crippen LogP contribution >= 0.6 is 0 Å². The van der Waals surface area contributed by atoms with Gasteiger partial charge in [0.2, 0.25) is 0 Å². The lowest BCUT2D eigenvalue weighted by molar-refractivity contribution is -0.137. The Hall–Kier alpha value is -2.04. The quantitative estimate of drug-likeness (QED) is 0.869. The molecule has 0 aliphatic carbocycles. The summed E-state index contributed by atoms with van der Waals surface area (Å²) in [5.41, 5.74) is 0.310. The zero-order valence-corrected chi connectivity index (χ0v) is 12.1. The van der Waals surface area contributed by atoms with Gasteiger partial charge in [0.1, 0.15) is 5.60 Å². The van der Waals surface area contributed by atoms with Crippen molar-refractivity contribution in [2.24, 2.45) is 0 Å². The first-order valence-corrected chi connectivity index (χ1v) is 6.51. The smallest absolute Gasteiger partial charge is 0.407 e. The third kappa shape index (κ3) is 6.22. The Balaban J connectivity index is 2.63. The van der Waals surface area contributed by atoms with Crippen molar-refractivity contribution in [1.29, 1.82) is 0 Å². The molecule has 20 heavy (non-hydrogen) atoms. The number of rotatable bonds is 5. The molecule has 0 aliphatic rings. The predicted octanol–water partition coefficient (Wildman–Crippen LogP) is 2.77. The van der Waals surface area contributed by atoms with E-state index in [-0.39, 0.29) is 18.9 Å². The first kappa shape index (κ1) is 16.0. The van der Waals surface area contributed by atoms with Gasteiger partial charge in [-0.1, -0.05) is 30.3 Å². The lowest BCUT2D eigenvalue weighted by Crippen LogP contribution is -2.35. The van der Waals surface area contributed by atoms with Crippen LogP contribution in [-0.4, -0.2) is 29.3 Å². The average molecular weight is 279 g/mol. The van der Waals surface area contributed by atoms with E-state index in [0.29, 0.717) is 0 Å². The summed E-state index contributed by atoms with van der Waals surface area (Å²) < 4.78 is 5.13. The van der Waals surface area contributed by atoms with E-state index in [1.807, 2.05) is 30.3 Å². The molecular formula is C15H21NO4. The first-order valence-electron chi connectivity index (χ1n) is 6.51. The number of carboxylic acids is 1. The number of aliphatic carboxylic acids is 1. The second-order valence-corrected chi connectivity index (χ2v) is 5.59. The maximum atomic E-state index is 11.6. The van der Waals surface area contributed by atoms with Gasteiger partial charge in [-0.25, -0.2) is 4.79 Å². The molecule has 1 rings (SSSR count). The van der Waals surface area contributed by atoms with Crippen LogP contribution in [0, 0.1) is 0 Å². The van der Waals surface area contributed by atoms with Gasteiger partial charge in [0.05, 0.1) is 6.42 Å². The standard InChI is InChI=1S/C15H21NO4/c1-15(2,3)20-14(19)16-10-12(9-13(17)18)11-7-5-4-6-8-11/h4-8,12H,9-10H2,1-3H3,(H,16,19)(H,17,18)/t12-/m1/s1. The molecule has 0 spiro atoms. The van der Waals surface area contributed by atoms with Crippen LogP contribution in [0.3, 0.4) is 0 Å². The molecule has 0 radical (unpaired) electrons. The Labute approximate surface area is 118 Å². The van der Waals surface area contributed by atoms with E-state index in [0.717, 1.165) is 5.56 Å². The van der Waals surface area contributed by atoms with Crippen molar-refractivity contribution in [3.05, 3.63) is 35.9 Å². The highest BCUT2D eigenvalue weighted by atomic mass is 16.6. The van der Waals surface area contributed by atoms with Crippen molar-refractivity contribution < 1.29 is 19.4 Å². The number of nitrogens with one attached hydrogen (secondary N) is 1. The molecule has 0 bridgehead atoms. The largest absolute Gasteiger partial charge is 0.481 e. The van der Waals surface area contributed by atoms with Crippen LogP contribution in [0.25, 0.3) is 0 Å². The minimum Gasteiger partial charge on any atom is -0.481 e. The maximum absolute atomic E-state index is 11.6. The molecule has 5 nitrogen and oxygen atoms in total. The van der Waals surface area contributed by atoms with Crippen molar-refractivity contribution in [3.8, 4) is 0 Å². The lowest BCUT2D eigenvalue weighted by Gasteiger charge is -2.21. The number of carbonyl (C=O) groups excluding carboxylic acids is 1. The van der Waals surface area contributed by atoms with Gasteiger partial charge in [-0.05, 0) is 26.3 Å². The topological polar surface area (TPSA) is 75.6 Å². The van der Waals surface area contributed by atoms with Crippen LogP contribution in [0.2, 0.25) is 0 Å². The van der Waals surface area contributed by atoms with Gasteiger partial charge in [0.15, 0.2) is 0 Å². The number of ether oxygens (including phenoxy) is 1. The molecule has 0 saturated carbocycles. The molecule has 0 heterocycles. The fourth-order valence-electron chi connectivity index (χ4n) is 1.76. The Morgan fingerprint density at radius 1 is 1.25 bits per heavy atom. The van der Waals surface area contributed by atoms with Gasteiger partial charge in [-0.3, -0.25) is 4.79 Å². The molecule has 0 aliphatic heterocycles. The van der Waals surface area contributed by atoms with Crippen LogP contribution in [-0.2, 0) is 9.53 Å². The SMILES string of the molecule is CC(C)(C)OC(=O)NC[C@@H](CC(=O)O)c1ccccc1. The van der Waals surface area contributed by atoms with Crippen molar-refractivity contribution in [2.75, 3.05) is 6.54 Å². The molecule has 1 atom stereocenters. The number of alkyl carbamates (subject to hydrolysis) is 1. The Bertz CT molecular complexity index is 451. The number of hydrogen-bond donors (Lipinski definition) is 2. The summed E-state index contributed by atoms with van der Waals surface area (Å²) in [4.78, 5) is 22.5. The van der Waals surface area contributed by atoms with Gasteiger partial charge in [-0.15, -0.1) is 0 Å². The molecule has 2 N–H and O–H groups in total. The monoisotopic (exact) mass is 279 g/mol. The minimum absolute atomic E-state index is 0.0419. The molecular weight excluding hydrogens is 258 g/mol. The highest BCUT2D eigenvalue weighted by molar-refractivity contribution is 5.69. The van der Waals surface area contributed by atoms with Crippen LogP contribution in [0.5, 0.6) is 0 Å². The zero-order chi connectivity index (χ0) is 15.2. The molecule has 0 fully saturated rings. The van der Waals surface area contributed by atoms with E-state index in [2.05, 4.69) is 5.32 Å². The molecule has 1 aromatic carbocycles. The summed E-state index contributed by atoms with van der Waals surface area (Å²) in [7, 11) is 0. The zero-order valence-electron chi connectivity index (χ0n) is 12.1. The Morgan fingerprint density at radius 3 is 2.35 bits per heavy atom. The number of hydrogen-bond acceptors (Lipinski definition) is 3. The first-order chi connectivity index (χ1) is 9.28. The van der Waals surface area contributed by atoms with E-state index >= 15 is 0 Å². The highest BCUT2D eigenvalue weighted by Crippen LogP contribution is 2.18. The summed E-state index contributed by atoms with van der Waals surface area (Å²) in [6, 6.07) is 9.26. The van der Waals surface area contributed by atoms with Crippen molar-refractivity contribution >= 4 is 12.1 Å². The number of benzene rings is 1. The van der Waals surface area contributed by atoms with E-state index < -0.39 is 17.7 Å². The summed E-state index contributed by atoms with van der Waals surface area (Å²) in [5, 5.41) is 11.6. The van der Waals surface area contributed by atoms with E-state index in [4.69, 9.17) is 9.84 Å². The summed E-state index contributed by atoms with van der Waals surface area (Å²) in [5.74, 6) is -1.17. The molecule has 0 saturated heterocycles. The van der Waals surface area contributed by atoms with Crippen LogP contribution in [0.4, 0.5) is 4.79 Å². The fourth-order valence-corrected chi connectivity index (χ4v) is 1.76. The number of amides is 1. The van der Waals surface area contributed by atoms with Crippen LogP contribution in [0.1, 0.15) is 38.7 Å². The van der Waals surface area contributed by atoms with Crippen LogP contribution in [0.15, 0.2) is 30.3 Å². The minimum atomic E-state index is -0.898. The van der Waals surface area contributed by atoms with E-state index in [1.54, 1.807) is 20.8 Å². The molecule has 0 unspecified atom stereocenters. The van der Waals surface area contributed by atoms with Gasteiger partial charge < -0.3 is 15.2 Å². The second-order valence-electron chi connectivity index (χ2n) is 5.59. The van der Waals surface area contributed by atoms with Gasteiger partial charge in [0, 0.05) is 12.5 Å². The Morgan fingerprint density at radius 2 is 1.85 bits per heavy atom. The molecule has 110 valence electrons. The third-order valence-corrected chi connectivity index (χ3v) is 2.58.